The summed E-state index contributed by atoms with van der Waals surface area (Å²) < 4.78 is 167. The molecular weight excluding hydrogens is 530 g/mol. The molecule has 0 aromatic heterocycles. The van der Waals surface area contributed by atoms with Crippen molar-refractivity contribution >= 4 is 22.6 Å². The molecule has 2 atom stereocenters. The van der Waals surface area contributed by atoms with E-state index in [1.54, 1.807) is 6.92 Å². The molecule has 0 aliphatic heterocycles. The third-order valence-corrected chi connectivity index (χ3v) is 4.78. The van der Waals surface area contributed by atoms with Crippen LogP contribution >= 0.6 is 22.6 Å². The minimum Gasteiger partial charge on any atom is -0.200 e. The van der Waals surface area contributed by atoms with Crippen molar-refractivity contribution in [1.82, 2.24) is 0 Å². The van der Waals surface area contributed by atoms with Crippen molar-refractivity contribution < 1.29 is 57.1 Å². The molecule has 0 N–H and O–H groups in total. The molecule has 0 saturated carbocycles. The monoisotopic (exact) mass is 544 g/mol. The zero-order valence-electron chi connectivity index (χ0n) is 13.6. The largest absolute Gasteiger partial charge is 0.460 e. The number of halogens is 14. The van der Waals surface area contributed by atoms with Crippen LogP contribution in [0.1, 0.15) is 33.1 Å². The van der Waals surface area contributed by atoms with E-state index in [1.807, 2.05) is 0 Å². The Balaban J connectivity index is 5.94. The highest BCUT2D eigenvalue weighted by molar-refractivity contribution is 14.1. The van der Waals surface area contributed by atoms with Crippen LogP contribution in [0, 0.1) is 5.92 Å². The van der Waals surface area contributed by atoms with Crippen LogP contribution in [0.3, 0.4) is 0 Å². The van der Waals surface area contributed by atoms with Gasteiger partial charge in [0.1, 0.15) is 0 Å². The molecule has 0 aromatic carbocycles. The molecule has 0 saturated heterocycles. The van der Waals surface area contributed by atoms with Gasteiger partial charge in [0.2, 0.25) is 0 Å². The van der Waals surface area contributed by atoms with Gasteiger partial charge in [-0.1, -0.05) is 42.9 Å². The van der Waals surface area contributed by atoms with E-state index < -0.39 is 46.1 Å². The summed E-state index contributed by atoms with van der Waals surface area (Å²) in [5.41, 5.74) is 0. The van der Waals surface area contributed by atoms with Gasteiger partial charge < -0.3 is 0 Å². The Morgan fingerprint density at radius 3 is 1.37 bits per heavy atom. The Labute approximate surface area is 159 Å². The third kappa shape index (κ3) is 4.70. The van der Waals surface area contributed by atoms with Crippen LogP contribution in [0.4, 0.5) is 57.1 Å². The van der Waals surface area contributed by atoms with E-state index in [0.717, 1.165) is 22.6 Å². The maximum absolute atomic E-state index is 13.6. The molecule has 0 aromatic rings. The summed E-state index contributed by atoms with van der Waals surface area (Å²) in [6.45, 7) is 3.06. The number of hydrogen-bond donors (Lipinski definition) is 0. The molecule has 164 valence electrons. The van der Waals surface area contributed by atoms with Gasteiger partial charge in [0.05, 0.1) is 0 Å². The van der Waals surface area contributed by atoms with E-state index in [1.165, 1.54) is 6.92 Å². The van der Waals surface area contributed by atoms with Gasteiger partial charge >= 0.3 is 35.8 Å². The molecule has 14 heteroatoms. The Morgan fingerprint density at radius 2 is 1.04 bits per heavy atom. The van der Waals surface area contributed by atoms with Crippen LogP contribution in [-0.2, 0) is 0 Å². The predicted molar refractivity (Wildman–Crippen MR) is 77.3 cm³/mol. The highest BCUT2D eigenvalue weighted by Gasteiger charge is 2.90. The molecule has 0 bridgehead atoms. The maximum atomic E-state index is 13.6. The minimum atomic E-state index is -7.83. The summed E-state index contributed by atoms with van der Waals surface area (Å²) in [7, 11) is 0. The summed E-state index contributed by atoms with van der Waals surface area (Å²) in [6, 6.07) is 0. The van der Waals surface area contributed by atoms with E-state index in [9.17, 15) is 57.1 Å². The predicted octanol–water partition coefficient (Wildman–Crippen LogP) is 7.36. The van der Waals surface area contributed by atoms with Crippen molar-refractivity contribution in [3.05, 3.63) is 0 Å². The van der Waals surface area contributed by atoms with Crippen molar-refractivity contribution in [3.63, 3.8) is 0 Å². The van der Waals surface area contributed by atoms with Crippen LogP contribution in [0.25, 0.3) is 0 Å². The first-order valence-electron chi connectivity index (χ1n) is 7.20. The molecular formula is C13H14F13I. The van der Waals surface area contributed by atoms with Crippen LogP contribution in [0.2, 0.25) is 0 Å². The topological polar surface area (TPSA) is 0 Å². The minimum absolute atomic E-state index is 0.233. The van der Waals surface area contributed by atoms with Crippen LogP contribution in [0.5, 0.6) is 0 Å². The molecule has 0 nitrogen and oxygen atoms in total. The van der Waals surface area contributed by atoms with Gasteiger partial charge in [0.15, 0.2) is 0 Å². The van der Waals surface area contributed by atoms with Crippen LogP contribution in [-0.4, -0.2) is 39.7 Å². The average molecular weight is 544 g/mol. The fraction of sp³-hybridized carbons (Fsp3) is 1.00. The van der Waals surface area contributed by atoms with Gasteiger partial charge in [-0.25, -0.2) is 0 Å². The summed E-state index contributed by atoms with van der Waals surface area (Å²) in [4.78, 5) is 0. The second-order valence-corrected chi connectivity index (χ2v) is 7.81. The lowest BCUT2D eigenvalue weighted by Crippen LogP contribution is -2.70. The summed E-state index contributed by atoms with van der Waals surface area (Å²) in [5.74, 6) is -36.7. The van der Waals surface area contributed by atoms with Gasteiger partial charge in [-0.05, 0) is 12.3 Å². The fourth-order valence-corrected chi connectivity index (χ4v) is 3.32. The van der Waals surface area contributed by atoms with Gasteiger partial charge in [0, 0.05) is 10.3 Å². The molecule has 0 amide bonds. The normalized spacial score (nSPS) is 17.8. The number of hydrogen-bond acceptors (Lipinski definition) is 0. The van der Waals surface area contributed by atoms with Crippen LogP contribution < -0.4 is 0 Å². The molecule has 0 aliphatic rings. The molecule has 0 heterocycles. The first-order valence-corrected chi connectivity index (χ1v) is 8.44. The van der Waals surface area contributed by atoms with Crippen LogP contribution in [0.15, 0.2) is 0 Å². The zero-order chi connectivity index (χ0) is 22.3. The second-order valence-electron chi connectivity index (χ2n) is 6.05. The van der Waals surface area contributed by atoms with E-state index in [-0.39, 0.29) is 12.3 Å². The molecule has 27 heavy (non-hydrogen) atoms. The summed E-state index contributed by atoms with van der Waals surface area (Å²) in [5, 5.41) is 0. The Morgan fingerprint density at radius 1 is 0.667 bits per heavy atom. The summed E-state index contributed by atoms with van der Waals surface area (Å²) in [6.07, 6.45) is -9.38. The van der Waals surface area contributed by atoms with Gasteiger partial charge in [0.25, 0.3) is 0 Å². The lowest BCUT2D eigenvalue weighted by Gasteiger charge is -2.40. The van der Waals surface area contributed by atoms with Crippen molar-refractivity contribution in [2.24, 2.45) is 5.92 Å². The van der Waals surface area contributed by atoms with Gasteiger partial charge in [-0.3, -0.25) is 0 Å². The number of rotatable bonds is 9. The first-order chi connectivity index (χ1) is 11.6. The zero-order valence-corrected chi connectivity index (χ0v) is 15.7. The lowest BCUT2D eigenvalue weighted by molar-refractivity contribution is -0.440. The van der Waals surface area contributed by atoms with E-state index in [0.29, 0.717) is 6.42 Å². The maximum Gasteiger partial charge on any atom is 0.460 e. The van der Waals surface area contributed by atoms with Crippen molar-refractivity contribution in [2.75, 3.05) is 0 Å². The fourth-order valence-electron chi connectivity index (χ4n) is 1.89. The quantitative estimate of drug-likeness (QED) is 0.162. The molecule has 0 spiro atoms. The SMILES string of the molecule is CCC(C)CC(I)CC(F)(F)C(F)(F)C(F)(F)C(F)(F)C(F)(F)C(F)(F)F. The van der Waals surface area contributed by atoms with E-state index in [2.05, 4.69) is 0 Å². The molecule has 0 fully saturated rings. The van der Waals surface area contributed by atoms with Crippen molar-refractivity contribution in [2.45, 2.75) is 72.8 Å². The first kappa shape index (κ1) is 26.8. The highest BCUT2D eigenvalue weighted by Crippen LogP contribution is 2.61. The van der Waals surface area contributed by atoms with Gasteiger partial charge in [-0.15, -0.1) is 0 Å². The smallest absolute Gasteiger partial charge is 0.200 e. The number of alkyl halides is 14. The molecule has 2 unspecified atom stereocenters. The van der Waals surface area contributed by atoms with Crippen molar-refractivity contribution in [3.8, 4) is 0 Å². The highest BCUT2D eigenvalue weighted by atomic mass is 127. The Hall–Kier alpha value is -0.180. The van der Waals surface area contributed by atoms with Gasteiger partial charge in [-0.2, -0.15) is 57.1 Å². The summed E-state index contributed by atoms with van der Waals surface area (Å²) >= 11 is 1.15. The Bertz CT molecular complexity index is 497. The molecule has 0 rings (SSSR count). The van der Waals surface area contributed by atoms with E-state index in [4.69, 9.17) is 0 Å². The molecule has 0 aliphatic carbocycles. The second kappa shape index (κ2) is 7.92. The third-order valence-electron chi connectivity index (χ3n) is 3.83. The van der Waals surface area contributed by atoms with E-state index >= 15 is 0 Å². The average Bonchev–Trinajstić information content (AvgIpc) is 2.44. The molecule has 0 radical (unpaired) electrons. The van der Waals surface area contributed by atoms with Crippen molar-refractivity contribution in [1.29, 1.82) is 0 Å². The Kier molecular flexibility index (Phi) is 7.87. The lowest BCUT2D eigenvalue weighted by atomic mass is 9.90. The standard InChI is InChI=1S/C13H14F13I/c1-3-6(2)4-7(27)5-8(14,15)9(16,17)10(18,19)11(20,21)12(22,23)13(24,25)26/h6-7H,3-5H2,1-2H3.